The third-order valence-corrected chi connectivity index (χ3v) is 4.54. The van der Waals surface area contributed by atoms with E-state index in [2.05, 4.69) is 27.8 Å². The number of nitrogens with one attached hydrogen (secondary N) is 1. The van der Waals surface area contributed by atoms with Crippen molar-refractivity contribution < 1.29 is 19.2 Å². The molecule has 9 heteroatoms. The summed E-state index contributed by atoms with van der Waals surface area (Å²) in [6.07, 6.45) is 2.97. The van der Waals surface area contributed by atoms with Gasteiger partial charge in [0.1, 0.15) is 18.2 Å². The first-order valence-electron chi connectivity index (χ1n) is 8.60. The van der Waals surface area contributed by atoms with E-state index in [0.29, 0.717) is 27.1 Å². The van der Waals surface area contributed by atoms with E-state index in [9.17, 15) is 20.2 Å². The summed E-state index contributed by atoms with van der Waals surface area (Å²) >= 11 is 3.39. The molecule has 2 rings (SSSR count). The Hall–Kier alpha value is -3.64. The Morgan fingerprint density at radius 2 is 2.13 bits per heavy atom. The molecule has 0 spiro atoms. The number of benzene rings is 2. The molecule has 1 amide bonds. The number of rotatable bonds is 8. The average Bonchev–Trinajstić information content (AvgIpc) is 2.72. The van der Waals surface area contributed by atoms with Crippen molar-refractivity contribution in [1.29, 1.82) is 5.26 Å². The molecule has 0 atom stereocenters. The number of nitriles is 1. The zero-order valence-electron chi connectivity index (χ0n) is 16.3. The summed E-state index contributed by atoms with van der Waals surface area (Å²) in [5.74, 6) is 0.178. The number of ether oxygens (including phenoxy) is 2. The Morgan fingerprint density at radius 3 is 2.73 bits per heavy atom. The van der Waals surface area contributed by atoms with Crippen molar-refractivity contribution in [3.8, 4) is 17.6 Å². The summed E-state index contributed by atoms with van der Waals surface area (Å²) in [4.78, 5) is 23.0. The molecule has 2 aromatic carbocycles. The van der Waals surface area contributed by atoms with Crippen LogP contribution in [0.15, 0.2) is 53.0 Å². The minimum Gasteiger partial charge on any atom is -0.493 e. The molecular weight excluding hydrogens is 454 g/mol. The number of nitro groups is 1. The third-order valence-electron chi connectivity index (χ3n) is 3.95. The first kappa shape index (κ1) is 22.6. The molecule has 0 bridgehead atoms. The van der Waals surface area contributed by atoms with Crippen LogP contribution >= 0.6 is 15.9 Å². The maximum atomic E-state index is 12.6. The number of anilines is 1. The quantitative estimate of drug-likeness (QED) is 0.194. The molecule has 0 saturated heterocycles. The lowest BCUT2D eigenvalue weighted by atomic mass is 10.1. The molecular formula is C21H18BrN3O5. The van der Waals surface area contributed by atoms with Gasteiger partial charge in [-0.25, -0.2) is 0 Å². The molecule has 0 unspecified atom stereocenters. The van der Waals surface area contributed by atoms with Crippen molar-refractivity contribution in [1.82, 2.24) is 0 Å². The fraction of sp³-hybridized carbons (Fsp3) is 0.143. The molecule has 0 radical (unpaired) electrons. The number of hydrogen-bond donors (Lipinski definition) is 1. The number of carbonyl (C=O) groups is 1. The number of hydrogen-bond acceptors (Lipinski definition) is 6. The van der Waals surface area contributed by atoms with Gasteiger partial charge in [-0.2, -0.15) is 5.26 Å². The molecule has 0 saturated carbocycles. The van der Waals surface area contributed by atoms with Gasteiger partial charge in [-0.05, 0) is 52.2 Å². The van der Waals surface area contributed by atoms with Crippen molar-refractivity contribution in [2.24, 2.45) is 0 Å². The molecule has 0 fully saturated rings. The Labute approximate surface area is 181 Å². The molecule has 0 aliphatic rings. The minimum atomic E-state index is -0.692. The molecule has 0 aromatic heterocycles. The Kier molecular flexibility index (Phi) is 7.72. The normalized spacial score (nSPS) is 10.7. The summed E-state index contributed by atoms with van der Waals surface area (Å²) in [7, 11) is 1.47. The first-order chi connectivity index (χ1) is 14.3. The average molecular weight is 472 g/mol. The first-order valence-corrected chi connectivity index (χ1v) is 9.39. The summed E-state index contributed by atoms with van der Waals surface area (Å²) < 4.78 is 11.4. The fourth-order valence-corrected chi connectivity index (χ4v) is 3.04. The predicted molar refractivity (Wildman–Crippen MR) is 116 cm³/mol. The number of amides is 1. The van der Waals surface area contributed by atoms with E-state index in [0.717, 1.165) is 0 Å². The highest BCUT2D eigenvalue weighted by Gasteiger charge is 2.16. The second-order valence-corrected chi connectivity index (χ2v) is 6.87. The van der Waals surface area contributed by atoms with Crippen molar-refractivity contribution in [3.05, 3.63) is 74.3 Å². The largest absolute Gasteiger partial charge is 0.493 e. The Morgan fingerprint density at radius 1 is 1.40 bits per heavy atom. The lowest BCUT2D eigenvalue weighted by molar-refractivity contribution is -0.384. The van der Waals surface area contributed by atoms with Gasteiger partial charge in [0, 0.05) is 12.1 Å². The number of carbonyl (C=O) groups excluding carboxylic acids is 1. The number of non-ortho nitro benzene ring substituents is 1. The van der Waals surface area contributed by atoms with E-state index >= 15 is 0 Å². The summed E-state index contributed by atoms with van der Waals surface area (Å²) in [5, 5.41) is 23.0. The monoisotopic (exact) mass is 471 g/mol. The van der Waals surface area contributed by atoms with Crippen LogP contribution in [-0.2, 0) is 4.79 Å². The second-order valence-electron chi connectivity index (χ2n) is 6.01. The van der Waals surface area contributed by atoms with E-state index in [1.165, 1.54) is 31.4 Å². The lowest BCUT2D eigenvalue weighted by Gasteiger charge is -2.12. The van der Waals surface area contributed by atoms with Gasteiger partial charge in [-0.1, -0.05) is 18.7 Å². The van der Waals surface area contributed by atoms with E-state index in [1.807, 2.05) is 6.07 Å². The van der Waals surface area contributed by atoms with Gasteiger partial charge in [-0.15, -0.1) is 0 Å². The molecule has 2 aromatic rings. The van der Waals surface area contributed by atoms with Crippen molar-refractivity contribution >= 4 is 39.3 Å². The topological polar surface area (TPSA) is 114 Å². The van der Waals surface area contributed by atoms with E-state index < -0.39 is 10.8 Å². The SMILES string of the molecule is C=CCOc1c(Br)cc(/C=C(\C#N)C(=O)Nc2cc([N+](=O)[O-])ccc2C)cc1OC. The van der Waals surface area contributed by atoms with Crippen molar-refractivity contribution in [3.63, 3.8) is 0 Å². The second kappa shape index (κ2) is 10.2. The van der Waals surface area contributed by atoms with Crippen molar-refractivity contribution in [2.45, 2.75) is 6.92 Å². The van der Waals surface area contributed by atoms with Crippen LogP contribution < -0.4 is 14.8 Å². The van der Waals surface area contributed by atoms with Gasteiger partial charge in [0.05, 0.1) is 22.2 Å². The number of methoxy groups -OCH3 is 1. The van der Waals surface area contributed by atoms with Gasteiger partial charge >= 0.3 is 0 Å². The zero-order chi connectivity index (χ0) is 22.3. The number of aryl methyl sites for hydroxylation is 1. The van der Waals surface area contributed by atoms with Crippen LogP contribution in [0.5, 0.6) is 11.5 Å². The molecule has 1 N–H and O–H groups in total. The van der Waals surface area contributed by atoms with Gasteiger partial charge in [0.15, 0.2) is 11.5 Å². The summed E-state index contributed by atoms with van der Waals surface area (Å²) in [6.45, 7) is 5.57. The molecule has 8 nitrogen and oxygen atoms in total. The van der Waals surface area contributed by atoms with E-state index in [1.54, 1.807) is 25.1 Å². The van der Waals surface area contributed by atoms with E-state index in [-0.39, 0.29) is 23.6 Å². The molecule has 0 aliphatic carbocycles. The van der Waals surface area contributed by atoms with Crippen LogP contribution in [0.25, 0.3) is 6.08 Å². The lowest BCUT2D eigenvalue weighted by Crippen LogP contribution is -2.14. The van der Waals surface area contributed by atoms with Crippen LogP contribution in [0.4, 0.5) is 11.4 Å². The number of halogens is 1. The summed E-state index contributed by atoms with van der Waals surface area (Å²) in [5.41, 5.74) is 1.05. The molecule has 0 heterocycles. The van der Waals surface area contributed by atoms with Crippen LogP contribution in [0.1, 0.15) is 11.1 Å². The van der Waals surface area contributed by atoms with Crippen molar-refractivity contribution in [2.75, 3.05) is 19.0 Å². The molecule has 0 aliphatic heterocycles. The number of nitrogens with zero attached hydrogens (tertiary/aromatic N) is 2. The molecule has 30 heavy (non-hydrogen) atoms. The predicted octanol–water partition coefficient (Wildman–Crippen LogP) is 4.78. The van der Waals surface area contributed by atoms with Crippen LogP contribution in [0.3, 0.4) is 0 Å². The Balaban J connectivity index is 2.35. The highest BCUT2D eigenvalue weighted by atomic mass is 79.9. The van der Waals surface area contributed by atoms with Gasteiger partial charge in [0.2, 0.25) is 0 Å². The summed E-state index contributed by atoms with van der Waals surface area (Å²) in [6, 6.07) is 9.24. The standard InChI is InChI=1S/C21H18BrN3O5/c1-4-7-30-20-17(22)9-14(10-19(20)29-3)8-15(12-23)21(26)24-18-11-16(25(27)28)6-5-13(18)2/h4-6,8-11H,1,7H2,2-3H3,(H,24,26)/b15-8+. The number of nitro benzene ring substituents is 1. The maximum absolute atomic E-state index is 12.6. The van der Waals surface area contributed by atoms with Crippen LogP contribution in [0.2, 0.25) is 0 Å². The third kappa shape index (κ3) is 5.46. The van der Waals surface area contributed by atoms with Gasteiger partial charge in [0.25, 0.3) is 11.6 Å². The highest BCUT2D eigenvalue weighted by molar-refractivity contribution is 9.10. The Bertz CT molecular complexity index is 1070. The van der Waals surface area contributed by atoms with Gasteiger partial charge < -0.3 is 14.8 Å². The fourth-order valence-electron chi connectivity index (χ4n) is 2.47. The zero-order valence-corrected chi connectivity index (χ0v) is 17.9. The molecule has 154 valence electrons. The minimum absolute atomic E-state index is 0.165. The highest BCUT2D eigenvalue weighted by Crippen LogP contribution is 2.37. The van der Waals surface area contributed by atoms with Crippen LogP contribution in [-0.4, -0.2) is 24.5 Å². The maximum Gasteiger partial charge on any atom is 0.271 e. The van der Waals surface area contributed by atoms with Gasteiger partial charge in [-0.3, -0.25) is 14.9 Å². The van der Waals surface area contributed by atoms with E-state index in [4.69, 9.17) is 9.47 Å². The van der Waals surface area contributed by atoms with Crippen LogP contribution in [0, 0.1) is 28.4 Å². The smallest absolute Gasteiger partial charge is 0.271 e.